The number of aromatic nitrogens is 4. The normalized spacial score (nSPS) is 19.4. The third-order valence-electron chi connectivity index (χ3n) is 5.27. The minimum absolute atomic E-state index is 0.123. The lowest BCUT2D eigenvalue weighted by Gasteiger charge is -2.32. The number of imidazole rings is 1. The molecule has 0 aliphatic carbocycles. The summed E-state index contributed by atoms with van der Waals surface area (Å²) in [5.74, 6) is 0.419. The number of allylic oxidation sites excluding steroid dienone is 1. The van der Waals surface area contributed by atoms with Crippen molar-refractivity contribution in [2.45, 2.75) is 25.9 Å². The molecule has 0 saturated carbocycles. The maximum atomic E-state index is 13.4. The molecule has 4 heterocycles. The summed E-state index contributed by atoms with van der Waals surface area (Å²) in [7, 11) is 0. The van der Waals surface area contributed by atoms with Crippen LogP contribution in [0.1, 0.15) is 30.0 Å². The Morgan fingerprint density at radius 1 is 1.29 bits per heavy atom. The fraction of sp³-hybridized carbons (Fsp3) is 0.263. The smallest absolute Gasteiger partial charge is 0.319 e. The lowest BCUT2D eigenvalue weighted by atomic mass is 9.99. The van der Waals surface area contributed by atoms with Crippen molar-refractivity contribution in [3.8, 4) is 0 Å². The van der Waals surface area contributed by atoms with Gasteiger partial charge in [0.2, 0.25) is 0 Å². The Bertz CT molecular complexity index is 1090. The lowest BCUT2D eigenvalue weighted by molar-refractivity contribution is -0.128. The Labute approximate surface area is 160 Å². The van der Waals surface area contributed by atoms with Gasteiger partial charge in [0.05, 0.1) is 22.8 Å². The quantitative estimate of drug-likeness (QED) is 0.541. The van der Waals surface area contributed by atoms with Gasteiger partial charge in [-0.25, -0.2) is 9.78 Å². The van der Waals surface area contributed by atoms with Crippen molar-refractivity contribution in [1.82, 2.24) is 35.7 Å². The Hall–Kier alpha value is -3.62. The molecule has 0 unspecified atom stereocenters. The maximum Gasteiger partial charge on any atom is 0.319 e. The number of benzene rings is 1. The first kappa shape index (κ1) is 16.5. The zero-order valence-corrected chi connectivity index (χ0v) is 15.2. The summed E-state index contributed by atoms with van der Waals surface area (Å²) in [4.78, 5) is 35.1. The van der Waals surface area contributed by atoms with Crippen LogP contribution in [0.5, 0.6) is 0 Å². The van der Waals surface area contributed by atoms with Crippen molar-refractivity contribution in [2.24, 2.45) is 0 Å². The van der Waals surface area contributed by atoms with Gasteiger partial charge in [-0.2, -0.15) is 5.10 Å². The fourth-order valence-electron chi connectivity index (χ4n) is 3.86. The van der Waals surface area contributed by atoms with Crippen molar-refractivity contribution < 1.29 is 9.59 Å². The van der Waals surface area contributed by atoms with E-state index in [0.717, 1.165) is 28.7 Å². The van der Waals surface area contributed by atoms with E-state index in [4.69, 9.17) is 0 Å². The van der Waals surface area contributed by atoms with Gasteiger partial charge in [0.15, 0.2) is 0 Å². The van der Waals surface area contributed by atoms with Crippen LogP contribution >= 0.6 is 0 Å². The van der Waals surface area contributed by atoms with Gasteiger partial charge in [0, 0.05) is 36.5 Å². The van der Waals surface area contributed by atoms with Crippen LogP contribution in [0.25, 0.3) is 11.0 Å². The summed E-state index contributed by atoms with van der Waals surface area (Å²) < 4.78 is 0. The molecule has 142 valence electrons. The standard InChI is InChI=1S/C19H19N7O2/c1-10-15(18(27)26-7-6-12-11(9-26)8-20-25-12)16(24-19(28)21-10)17-22-13-4-2-3-5-14(13)23-17/h2-5,8,16H,6-7,9H2,1H3,(H,20,25)(H,22,23)(H2,21,24,28)/t16-/m0/s1. The van der Waals surface area contributed by atoms with E-state index in [2.05, 4.69) is 30.8 Å². The number of fused-ring (bicyclic) bond motifs is 2. The first-order valence-corrected chi connectivity index (χ1v) is 9.13. The molecule has 1 atom stereocenters. The monoisotopic (exact) mass is 377 g/mol. The first-order chi connectivity index (χ1) is 13.6. The van der Waals surface area contributed by atoms with Crippen molar-refractivity contribution in [1.29, 1.82) is 0 Å². The summed E-state index contributed by atoms with van der Waals surface area (Å²) in [5.41, 5.74) is 4.76. The van der Waals surface area contributed by atoms with Gasteiger partial charge in [-0.15, -0.1) is 0 Å². The molecule has 3 amide bonds. The topological polar surface area (TPSA) is 119 Å². The van der Waals surface area contributed by atoms with E-state index in [1.54, 1.807) is 18.0 Å². The Kier molecular flexibility index (Phi) is 3.68. The van der Waals surface area contributed by atoms with E-state index in [1.807, 2.05) is 24.3 Å². The number of hydrogen-bond donors (Lipinski definition) is 4. The third-order valence-corrected chi connectivity index (χ3v) is 5.27. The van der Waals surface area contributed by atoms with Crippen molar-refractivity contribution in [2.75, 3.05) is 6.54 Å². The van der Waals surface area contributed by atoms with Gasteiger partial charge in [0.1, 0.15) is 11.9 Å². The van der Waals surface area contributed by atoms with E-state index in [-0.39, 0.29) is 11.9 Å². The van der Waals surface area contributed by atoms with Crippen LogP contribution in [-0.2, 0) is 17.8 Å². The predicted molar refractivity (Wildman–Crippen MR) is 101 cm³/mol. The molecule has 0 radical (unpaired) electrons. The maximum absolute atomic E-state index is 13.4. The minimum atomic E-state index is -0.639. The molecule has 9 nitrogen and oxygen atoms in total. The highest BCUT2D eigenvalue weighted by atomic mass is 16.2. The molecule has 9 heteroatoms. The molecule has 28 heavy (non-hydrogen) atoms. The molecule has 2 aliphatic heterocycles. The summed E-state index contributed by atoms with van der Waals surface area (Å²) in [6.45, 7) is 2.82. The highest BCUT2D eigenvalue weighted by Crippen LogP contribution is 2.29. The summed E-state index contributed by atoms with van der Waals surface area (Å²) in [6, 6.07) is 6.63. The number of H-pyrrole nitrogens is 2. The molecular formula is C19H19N7O2. The van der Waals surface area contributed by atoms with Gasteiger partial charge in [0.25, 0.3) is 5.91 Å². The van der Waals surface area contributed by atoms with E-state index in [9.17, 15) is 9.59 Å². The summed E-state index contributed by atoms with van der Waals surface area (Å²) in [5, 5.41) is 12.6. The Morgan fingerprint density at radius 3 is 3.00 bits per heavy atom. The lowest BCUT2D eigenvalue weighted by Crippen LogP contribution is -2.48. The number of urea groups is 1. The number of aromatic amines is 2. The van der Waals surface area contributed by atoms with Crippen LogP contribution in [0.4, 0.5) is 4.79 Å². The highest BCUT2D eigenvalue weighted by Gasteiger charge is 2.36. The van der Waals surface area contributed by atoms with Crippen LogP contribution in [-0.4, -0.2) is 43.5 Å². The zero-order valence-electron chi connectivity index (χ0n) is 15.2. The number of carbonyl (C=O) groups is 2. The largest absolute Gasteiger partial charge is 0.340 e. The molecule has 5 rings (SSSR count). The molecule has 0 spiro atoms. The second-order valence-corrected chi connectivity index (χ2v) is 7.06. The number of carbonyl (C=O) groups excluding carboxylic acids is 2. The van der Waals surface area contributed by atoms with Crippen LogP contribution in [0, 0.1) is 0 Å². The number of rotatable bonds is 2. The molecule has 2 aliphatic rings. The molecule has 1 aromatic carbocycles. The van der Waals surface area contributed by atoms with Crippen molar-refractivity contribution >= 4 is 23.0 Å². The Balaban J connectivity index is 1.52. The predicted octanol–water partition coefficient (Wildman–Crippen LogP) is 1.50. The van der Waals surface area contributed by atoms with Gasteiger partial charge in [-0.1, -0.05) is 12.1 Å². The average molecular weight is 377 g/mol. The van der Waals surface area contributed by atoms with Crippen LogP contribution < -0.4 is 10.6 Å². The van der Waals surface area contributed by atoms with Gasteiger partial charge in [-0.05, 0) is 19.1 Å². The minimum Gasteiger partial charge on any atom is -0.340 e. The average Bonchev–Trinajstić information content (AvgIpc) is 3.32. The number of hydrogen-bond acceptors (Lipinski definition) is 4. The van der Waals surface area contributed by atoms with Crippen LogP contribution in [0.3, 0.4) is 0 Å². The van der Waals surface area contributed by atoms with Crippen molar-refractivity contribution in [3.05, 3.63) is 58.8 Å². The zero-order chi connectivity index (χ0) is 19.3. The van der Waals surface area contributed by atoms with Gasteiger partial charge < -0.3 is 20.5 Å². The number of nitrogens with zero attached hydrogens (tertiary/aromatic N) is 3. The van der Waals surface area contributed by atoms with E-state index >= 15 is 0 Å². The highest BCUT2D eigenvalue weighted by molar-refractivity contribution is 5.98. The summed E-state index contributed by atoms with van der Waals surface area (Å²) >= 11 is 0. The van der Waals surface area contributed by atoms with E-state index < -0.39 is 6.04 Å². The Morgan fingerprint density at radius 2 is 2.14 bits per heavy atom. The number of para-hydroxylation sites is 2. The molecule has 3 aromatic rings. The van der Waals surface area contributed by atoms with Gasteiger partial charge >= 0.3 is 6.03 Å². The van der Waals surface area contributed by atoms with Gasteiger partial charge in [-0.3, -0.25) is 9.89 Å². The third kappa shape index (κ3) is 2.63. The fourth-order valence-corrected chi connectivity index (χ4v) is 3.86. The van der Waals surface area contributed by atoms with E-state index in [1.165, 1.54) is 0 Å². The number of nitrogens with one attached hydrogen (secondary N) is 4. The molecule has 0 fully saturated rings. The second kappa shape index (κ2) is 6.22. The molecule has 0 saturated heterocycles. The summed E-state index contributed by atoms with van der Waals surface area (Å²) in [6.07, 6.45) is 2.48. The number of amides is 3. The molecule has 4 N–H and O–H groups in total. The first-order valence-electron chi connectivity index (χ1n) is 9.13. The van der Waals surface area contributed by atoms with Crippen LogP contribution in [0.15, 0.2) is 41.7 Å². The molecule has 2 aromatic heterocycles. The van der Waals surface area contributed by atoms with Crippen LogP contribution in [0.2, 0.25) is 0 Å². The molecular weight excluding hydrogens is 358 g/mol. The molecule has 0 bridgehead atoms. The van der Waals surface area contributed by atoms with Crippen molar-refractivity contribution in [3.63, 3.8) is 0 Å². The van der Waals surface area contributed by atoms with E-state index in [0.29, 0.717) is 30.2 Å². The second-order valence-electron chi connectivity index (χ2n) is 7.06. The SMILES string of the molecule is CC1=C(C(=O)N2CCc3[nH]ncc3C2)[C@@H](c2nc3ccccc3[nH]2)NC(=O)N1.